The lowest BCUT2D eigenvalue weighted by molar-refractivity contribution is 0.208. The molecule has 2 unspecified atom stereocenters. The molecule has 0 aromatic carbocycles. The minimum absolute atomic E-state index is 0.320. The molecule has 0 aliphatic carbocycles. The zero-order valence-corrected chi connectivity index (χ0v) is 11.3. The summed E-state index contributed by atoms with van der Waals surface area (Å²) in [6.07, 6.45) is 8.20. The Kier molecular flexibility index (Phi) is 3.39. The molecule has 2 N–H and O–H groups in total. The van der Waals surface area contributed by atoms with Gasteiger partial charge in [0.1, 0.15) is 5.82 Å². The number of aromatic nitrogens is 2. The zero-order chi connectivity index (χ0) is 12.5. The van der Waals surface area contributed by atoms with E-state index >= 15 is 0 Å². The van der Waals surface area contributed by atoms with Gasteiger partial charge in [-0.1, -0.05) is 0 Å². The summed E-state index contributed by atoms with van der Waals surface area (Å²) in [5.41, 5.74) is 7.28. The molecule has 1 aromatic rings. The van der Waals surface area contributed by atoms with Crippen LogP contribution in [0.2, 0.25) is 0 Å². The predicted molar refractivity (Wildman–Crippen MR) is 72.4 cm³/mol. The van der Waals surface area contributed by atoms with Gasteiger partial charge in [-0.15, -0.1) is 0 Å². The smallest absolute Gasteiger partial charge is 0.109 e. The second-order valence-electron chi connectivity index (χ2n) is 6.07. The van der Waals surface area contributed by atoms with Crippen LogP contribution in [0.15, 0.2) is 6.20 Å². The third-order valence-corrected chi connectivity index (χ3v) is 4.30. The summed E-state index contributed by atoms with van der Waals surface area (Å²) in [6.45, 7) is 3.43. The Labute approximate surface area is 109 Å². The molecule has 1 fully saturated rings. The zero-order valence-electron chi connectivity index (χ0n) is 11.3. The van der Waals surface area contributed by atoms with Gasteiger partial charge in [-0.05, 0) is 45.2 Å². The normalized spacial score (nSPS) is 29.2. The Morgan fingerprint density at radius 2 is 2.28 bits per heavy atom. The molecule has 0 radical (unpaired) electrons. The number of nitrogens with two attached hydrogens (primary N) is 1. The summed E-state index contributed by atoms with van der Waals surface area (Å²) in [4.78, 5) is 7.24. The van der Waals surface area contributed by atoms with E-state index in [0.29, 0.717) is 6.04 Å². The number of imidazole rings is 1. The standard InChI is InChI=1S/C14H24N4/c1-17-6-2-3-11(8-17)7-13-10-18-9-12(15)4-5-14(18)16-13/h10-12H,2-9,15H2,1H3. The fraction of sp³-hybridized carbons (Fsp3) is 0.786. The number of fused-ring (bicyclic) bond motifs is 1. The molecule has 0 saturated carbocycles. The highest BCUT2D eigenvalue weighted by molar-refractivity contribution is 5.08. The minimum Gasteiger partial charge on any atom is -0.333 e. The molecule has 0 amide bonds. The molecule has 0 spiro atoms. The van der Waals surface area contributed by atoms with E-state index in [-0.39, 0.29) is 0 Å². The average molecular weight is 248 g/mol. The van der Waals surface area contributed by atoms with Gasteiger partial charge in [0.05, 0.1) is 5.69 Å². The highest BCUT2D eigenvalue weighted by atomic mass is 15.1. The van der Waals surface area contributed by atoms with Crippen LogP contribution in [-0.4, -0.2) is 40.6 Å². The van der Waals surface area contributed by atoms with Crippen LogP contribution in [0.4, 0.5) is 0 Å². The fourth-order valence-electron chi connectivity index (χ4n) is 3.36. The van der Waals surface area contributed by atoms with Crippen molar-refractivity contribution in [3.05, 3.63) is 17.7 Å². The molecule has 2 aliphatic rings. The molecule has 1 saturated heterocycles. The summed E-state index contributed by atoms with van der Waals surface area (Å²) in [7, 11) is 2.23. The Morgan fingerprint density at radius 3 is 3.11 bits per heavy atom. The maximum Gasteiger partial charge on any atom is 0.109 e. The van der Waals surface area contributed by atoms with Crippen LogP contribution in [0.25, 0.3) is 0 Å². The summed E-state index contributed by atoms with van der Waals surface area (Å²) in [6, 6.07) is 0.320. The van der Waals surface area contributed by atoms with Crippen LogP contribution in [0.5, 0.6) is 0 Å². The van der Waals surface area contributed by atoms with Crippen LogP contribution < -0.4 is 5.73 Å². The van der Waals surface area contributed by atoms with Crippen LogP contribution in [0.1, 0.15) is 30.8 Å². The molecule has 4 nitrogen and oxygen atoms in total. The Hall–Kier alpha value is -0.870. The molecular weight excluding hydrogens is 224 g/mol. The van der Waals surface area contributed by atoms with Gasteiger partial charge < -0.3 is 15.2 Å². The monoisotopic (exact) mass is 248 g/mol. The van der Waals surface area contributed by atoms with E-state index in [0.717, 1.165) is 31.7 Å². The molecule has 100 valence electrons. The van der Waals surface area contributed by atoms with Crippen LogP contribution in [0, 0.1) is 5.92 Å². The van der Waals surface area contributed by atoms with Crippen molar-refractivity contribution < 1.29 is 0 Å². The van der Waals surface area contributed by atoms with Gasteiger partial charge in [-0.3, -0.25) is 0 Å². The van der Waals surface area contributed by atoms with Gasteiger partial charge in [0.15, 0.2) is 0 Å². The minimum atomic E-state index is 0.320. The second kappa shape index (κ2) is 5.02. The van der Waals surface area contributed by atoms with Crippen molar-refractivity contribution in [2.45, 2.75) is 44.7 Å². The van der Waals surface area contributed by atoms with Crippen LogP contribution in [-0.2, 0) is 19.4 Å². The summed E-state index contributed by atoms with van der Waals surface area (Å²) < 4.78 is 2.27. The van der Waals surface area contributed by atoms with Crippen molar-refractivity contribution in [3.63, 3.8) is 0 Å². The molecule has 3 heterocycles. The van der Waals surface area contributed by atoms with Crippen molar-refractivity contribution in [3.8, 4) is 0 Å². The third-order valence-electron chi connectivity index (χ3n) is 4.30. The molecular formula is C14H24N4. The quantitative estimate of drug-likeness (QED) is 0.850. The molecule has 18 heavy (non-hydrogen) atoms. The SMILES string of the molecule is CN1CCCC(Cc2cn3c(n2)CCC(N)C3)C1. The lowest BCUT2D eigenvalue weighted by Crippen LogP contribution is -2.33. The predicted octanol–water partition coefficient (Wildman–Crippen LogP) is 1.04. The molecule has 0 bridgehead atoms. The number of rotatable bonds is 2. The van der Waals surface area contributed by atoms with Gasteiger partial charge in [0, 0.05) is 31.7 Å². The van der Waals surface area contributed by atoms with Gasteiger partial charge in [0.2, 0.25) is 0 Å². The van der Waals surface area contributed by atoms with Crippen molar-refractivity contribution in [1.82, 2.24) is 14.5 Å². The Bertz CT molecular complexity index is 412. The van der Waals surface area contributed by atoms with Crippen LogP contribution >= 0.6 is 0 Å². The first-order chi connectivity index (χ1) is 8.70. The lowest BCUT2D eigenvalue weighted by atomic mass is 9.94. The van der Waals surface area contributed by atoms with Crippen molar-refractivity contribution >= 4 is 0 Å². The van der Waals surface area contributed by atoms with E-state index in [2.05, 4.69) is 22.7 Å². The number of nitrogens with zero attached hydrogens (tertiary/aromatic N) is 3. The summed E-state index contributed by atoms with van der Waals surface area (Å²) in [5, 5.41) is 0. The fourth-order valence-corrected chi connectivity index (χ4v) is 3.36. The van der Waals surface area contributed by atoms with E-state index in [4.69, 9.17) is 10.7 Å². The van der Waals surface area contributed by atoms with Gasteiger partial charge in [-0.2, -0.15) is 0 Å². The van der Waals surface area contributed by atoms with Crippen molar-refractivity contribution in [2.75, 3.05) is 20.1 Å². The average Bonchev–Trinajstić information content (AvgIpc) is 2.70. The number of hydrogen-bond donors (Lipinski definition) is 1. The largest absolute Gasteiger partial charge is 0.333 e. The number of likely N-dealkylation sites (tertiary alicyclic amines) is 1. The molecule has 1 aromatic heterocycles. The van der Waals surface area contributed by atoms with E-state index in [1.165, 1.54) is 37.4 Å². The second-order valence-corrected chi connectivity index (χ2v) is 6.07. The number of aryl methyl sites for hydroxylation is 1. The third kappa shape index (κ3) is 2.59. The first-order valence-electron chi connectivity index (χ1n) is 7.20. The van der Waals surface area contributed by atoms with E-state index in [1.807, 2.05) is 0 Å². The van der Waals surface area contributed by atoms with E-state index < -0.39 is 0 Å². The summed E-state index contributed by atoms with van der Waals surface area (Å²) >= 11 is 0. The van der Waals surface area contributed by atoms with Crippen molar-refractivity contribution in [1.29, 1.82) is 0 Å². The lowest BCUT2D eigenvalue weighted by Gasteiger charge is -2.29. The Morgan fingerprint density at radius 1 is 1.39 bits per heavy atom. The molecule has 2 aliphatic heterocycles. The highest BCUT2D eigenvalue weighted by Crippen LogP contribution is 2.21. The molecule has 4 heteroatoms. The highest BCUT2D eigenvalue weighted by Gasteiger charge is 2.21. The van der Waals surface area contributed by atoms with Crippen LogP contribution in [0.3, 0.4) is 0 Å². The maximum absolute atomic E-state index is 6.01. The van der Waals surface area contributed by atoms with Gasteiger partial charge >= 0.3 is 0 Å². The molecule has 3 rings (SSSR count). The Balaban J connectivity index is 1.66. The van der Waals surface area contributed by atoms with Gasteiger partial charge in [-0.25, -0.2) is 4.98 Å². The number of hydrogen-bond acceptors (Lipinski definition) is 3. The summed E-state index contributed by atoms with van der Waals surface area (Å²) in [5.74, 6) is 2.03. The number of piperidine rings is 1. The first-order valence-corrected chi connectivity index (χ1v) is 7.20. The molecule has 2 atom stereocenters. The first kappa shape index (κ1) is 12.2. The van der Waals surface area contributed by atoms with E-state index in [1.54, 1.807) is 0 Å². The topological polar surface area (TPSA) is 47.1 Å². The van der Waals surface area contributed by atoms with E-state index in [9.17, 15) is 0 Å². The van der Waals surface area contributed by atoms with Gasteiger partial charge in [0.25, 0.3) is 0 Å². The van der Waals surface area contributed by atoms with Crippen molar-refractivity contribution in [2.24, 2.45) is 11.7 Å². The maximum atomic E-state index is 6.01.